The van der Waals surface area contributed by atoms with Gasteiger partial charge in [-0.2, -0.15) is 0 Å². The molecule has 3 aromatic rings. The molecule has 0 unspecified atom stereocenters. The van der Waals surface area contributed by atoms with Crippen LogP contribution in [-0.4, -0.2) is 9.97 Å². The Morgan fingerprint density at radius 2 is 1.90 bits per heavy atom. The third-order valence-electron chi connectivity index (χ3n) is 4.23. The van der Waals surface area contributed by atoms with Crippen LogP contribution in [0.15, 0.2) is 24.3 Å². The molecule has 4 rings (SSSR count). The second-order valence-corrected chi connectivity index (χ2v) is 6.72. The van der Waals surface area contributed by atoms with Crippen molar-refractivity contribution in [2.24, 2.45) is 0 Å². The van der Waals surface area contributed by atoms with E-state index >= 15 is 0 Å². The Labute approximate surface area is 127 Å². The van der Waals surface area contributed by atoms with Crippen LogP contribution in [0.25, 0.3) is 21.6 Å². The molecule has 0 amide bonds. The largest absolute Gasteiger partial charge is 0.383 e. The van der Waals surface area contributed by atoms with Crippen LogP contribution in [-0.2, 0) is 12.8 Å². The topological polar surface area (TPSA) is 51.8 Å². The number of hydrogen-bond donors (Lipinski definition) is 1. The van der Waals surface area contributed by atoms with Gasteiger partial charge in [-0.3, -0.25) is 0 Å². The number of nitrogen functional groups attached to an aromatic ring is 1. The number of benzene rings is 1. The van der Waals surface area contributed by atoms with E-state index in [4.69, 9.17) is 10.7 Å². The lowest BCUT2D eigenvalue weighted by molar-refractivity contribution is 0.700. The third kappa shape index (κ3) is 2.02. The van der Waals surface area contributed by atoms with Crippen molar-refractivity contribution in [1.29, 1.82) is 0 Å². The summed E-state index contributed by atoms with van der Waals surface area (Å²) < 4.78 is 0. The second kappa shape index (κ2) is 4.81. The van der Waals surface area contributed by atoms with Crippen molar-refractivity contribution in [3.8, 4) is 11.4 Å². The molecule has 1 aliphatic rings. The highest BCUT2D eigenvalue weighted by Gasteiger charge is 2.20. The first-order valence-electron chi connectivity index (χ1n) is 7.38. The number of aromatic nitrogens is 2. The van der Waals surface area contributed by atoms with Crippen LogP contribution in [0.4, 0.5) is 5.82 Å². The van der Waals surface area contributed by atoms with Gasteiger partial charge in [-0.05, 0) is 43.7 Å². The molecule has 0 saturated heterocycles. The Morgan fingerprint density at radius 3 is 2.76 bits per heavy atom. The van der Waals surface area contributed by atoms with E-state index in [0.717, 1.165) is 34.4 Å². The van der Waals surface area contributed by atoms with Crippen molar-refractivity contribution < 1.29 is 0 Å². The highest BCUT2D eigenvalue weighted by Crippen LogP contribution is 2.38. The molecule has 1 aromatic carbocycles. The van der Waals surface area contributed by atoms with Crippen molar-refractivity contribution >= 4 is 27.4 Å². The van der Waals surface area contributed by atoms with Crippen molar-refractivity contribution in [3.05, 3.63) is 40.3 Å². The van der Waals surface area contributed by atoms with E-state index in [1.165, 1.54) is 28.8 Å². The fourth-order valence-electron chi connectivity index (χ4n) is 3.13. The molecule has 0 bridgehead atoms. The summed E-state index contributed by atoms with van der Waals surface area (Å²) >= 11 is 1.80. The van der Waals surface area contributed by atoms with Crippen LogP contribution in [0.5, 0.6) is 0 Å². The normalized spacial score (nSPS) is 14.3. The summed E-state index contributed by atoms with van der Waals surface area (Å²) in [5.41, 5.74) is 9.91. The maximum atomic E-state index is 6.27. The summed E-state index contributed by atoms with van der Waals surface area (Å²) in [5, 5.41) is 1.10. The van der Waals surface area contributed by atoms with Crippen LogP contribution in [0.3, 0.4) is 0 Å². The Bertz CT molecular complexity index is 835. The molecule has 0 spiro atoms. The standard InChI is InChI=1S/C17H17N3S/c1-10-6-2-3-7-11(10)16-19-15(18)14-12-8-4-5-9-13(12)21-17(14)20-16/h2-3,6-7H,4-5,8-9H2,1H3,(H2,18,19,20). The number of fused-ring (bicyclic) bond motifs is 3. The molecule has 0 radical (unpaired) electrons. The van der Waals surface area contributed by atoms with Gasteiger partial charge >= 0.3 is 0 Å². The SMILES string of the molecule is Cc1ccccc1-c1nc(N)c2c3c(sc2n1)CCCC3. The maximum Gasteiger partial charge on any atom is 0.163 e. The van der Waals surface area contributed by atoms with Crippen LogP contribution in [0.2, 0.25) is 0 Å². The van der Waals surface area contributed by atoms with Gasteiger partial charge in [0.25, 0.3) is 0 Å². The van der Waals surface area contributed by atoms with Gasteiger partial charge < -0.3 is 5.73 Å². The maximum absolute atomic E-state index is 6.27. The first kappa shape index (κ1) is 12.8. The number of nitrogens with zero attached hydrogens (tertiary/aromatic N) is 2. The average molecular weight is 295 g/mol. The minimum absolute atomic E-state index is 0.637. The quantitative estimate of drug-likeness (QED) is 0.734. The van der Waals surface area contributed by atoms with E-state index in [1.54, 1.807) is 11.3 Å². The Hall–Kier alpha value is -1.94. The van der Waals surface area contributed by atoms with E-state index < -0.39 is 0 Å². The van der Waals surface area contributed by atoms with Crippen LogP contribution < -0.4 is 5.73 Å². The van der Waals surface area contributed by atoms with Crippen LogP contribution in [0, 0.1) is 6.92 Å². The van der Waals surface area contributed by atoms with Gasteiger partial charge in [-0.15, -0.1) is 11.3 Å². The minimum atomic E-state index is 0.637. The summed E-state index contributed by atoms with van der Waals surface area (Å²) in [6.07, 6.45) is 4.80. The lowest BCUT2D eigenvalue weighted by Gasteiger charge is -2.11. The number of nitrogens with two attached hydrogens (primary N) is 1. The molecule has 0 fully saturated rings. The first-order chi connectivity index (χ1) is 10.2. The monoisotopic (exact) mass is 295 g/mol. The molecule has 2 heterocycles. The molecule has 2 aromatic heterocycles. The van der Waals surface area contributed by atoms with Gasteiger partial charge in [-0.1, -0.05) is 24.3 Å². The molecular weight excluding hydrogens is 278 g/mol. The molecule has 0 atom stereocenters. The molecule has 3 nitrogen and oxygen atoms in total. The van der Waals surface area contributed by atoms with Crippen molar-refractivity contribution in [3.63, 3.8) is 0 Å². The van der Waals surface area contributed by atoms with E-state index in [0.29, 0.717) is 5.82 Å². The lowest BCUT2D eigenvalue weighted by Crippen LogP contribution is -2.01. The van der Waals surface area contributed by atoms with Crippen molar-refractivity contribution in [2.75, 3.05) is 5.73 Å². The second-order valence-electron chi connectivity index (χ2n) is 5.64. The molecule has 4 heteroatoms. The zero-order valence-electron chi connectivity index (χ0n) is 12.0. The Balaban J connectivity index is 1.96. The predicted molar refractivity (Wildman–Crippen MR) is 88.6 cm³/mol. The molecule has 21 heavy (non-hydrogen) atoms. The predicted octanol–water partition coefficient (Wildman–Crippen LogP) is 4.13. The number of anilines is 1. The Kier molecular flexibility index (Phi) is 2.93. The summed E-state index contributed by atoms with van der Waals surface area (Å²) in [4.78, 5) is 11.9. The zero-order valence-corrected chi connectivity index (χ0v) is 12.8. The summed E-state index contributed by atoms with van der Waals surface area (Å²) in [6, 6.07) is 8.19. The van der Waals surface area contributed by atoms with Gasteiger partial charge in [0.15, 0.2) is 5.82 Å². The summed E-state index contributed by atoms with van der Waals surface area (Å²) in [7, 11) is 0. The van der Waals surface area contributed by atoms with E-state index in [2.05, 4.69) is 24.0 Å². The number of aryl methyl sites for hydroxylation is 3. The number of hydrogen-bond acceptors (Lipinski definition) is 4. The Morgan fingerprint density at radius 1 is 1.10 bits per heavy atom. The van der Waals surface area contributed by atoms with Gasteiger partial charge in [0.05, 0.1) is 5.39 Å². The van der Waals surface area contributed by atoms with Crippen LogP contribution in [0.1, 0.15) is 28.8 Å². The van der Waals surface area contributed by atoms with E-state index in [1.807, 2.05) is 12.1 Å². The zero-order chi connectivity index (χ0) is 14.4. The molecule has 1 aliphatic carbocycles. The minimum Gasteiger partial charge on any atom is -0.383 e. The smallest absolute Gasteiger partial charge is 0.163 e. The first-order valence-corrected chi connectivity index (χ1v) is 8.19. The third-order valence-corrected chi connectivity index (χ3v) is 5.41. The molecule has 2 N–H and O–H groups in total. The van der Waals surface area contributed by atoms with Crippen molar-refractivity contribution in [1.82, 2.24) is 9.97 Å². The van der Waals surface area contributed by atoms with Gasteiger partial charge in [-0.25, -0.2) is 9.97 Å². The highest BCUT2D eigenvalue weighted by molar-refractivity contribution is 7.19. The molecule has 106 valence electrons. The fourth-order valence-corrected chi connectivity index (χ4v) is 4.40. The number of rotatable bonds is 1. The summed E-state index contributed by atoms with van der Waals surface area (Å²) in [5.74, 6) is 1.38. The van der Waals surface area contributed by atoms with Crippen LogP contribution >= 0.6 is 11.3 Å². The lowest BCUT2D eigenvalue weighted by atomic mass is 9.97. The molecule has 0 saturated carbocycles. The summed E-state index contributed by atoms with van der Waals surface area (Å²) in [6.45, 7) is 2.08. The molecular formula is C17H17N3S. The van der Waals surface area contributed by atoms with Gasteiger partial charge in [0.2, 0.25) is 0 Å². The van der Waals surface area contributed by atoms with Crippen molar-refractivity contribution in [2.45, 2.75) is 32.6 Å². The average Bonchev–Trinajstić information content (AvgIpc) is 2.86. The van der Waals surface area contributed by atoms with E-state index in [9.17, 15) is 0 Å². The van der Waals surface area contributed by atoms with Gasteiger partial charge in [0, 0.05) is 10.4 Å². The molecule has 0 aliphatic heterocycles. The fraction of sp³-hybridized carbons (Fsp3) is 0.294. The number of thiophene rings is 1. The van der Waals surface area contributed by atoms with Gasteiger partial charge in [0.1, 0.15) is 10.6 Å². The van der Waals surface area contributed by atoms with E-state index in [-0.39, 0.29) is 0 Å². The highest BCUT2D eigenvalue weighted by atomic mass is 32.1.